The smallest absolute Gasteiger partial charge is 0.191 e. The lowest BCUT2D eigenvalue weighted by Gasteiger charge is -2.26. The highest BCUT2D eigenvalue weighted by atomic mass is 127. The van der Waals surface area contributed by atoms with Crippen molar-refractivity contribution in [2.45, 2.75) is 26.4 Å². The Morgan fingerprint density at radius 1 is 1.14 bits per heavy atom. The fourth-order valence-electron chi connectivity index (χ4n) is 3.11. The molecule has 1 aliphatic heterocycles. The predicted octanol–water partition coefficient (Wildman–Crippen LogP) is 3.50. The van der Waals surface area contributed by atoms with Crippen LogP contribution in [0.2, 0.25) is 0 Å². The van der Waals surface area contributed by atoms with Crippen LogP contribution < -0.4 is 10.6 Å². The number of rotatable bonds is 8. The average molecular weight is 514 g/mol. The van der Waals surface area contributed by atoms with E-state index in [1.165, 1.54) is 16.0 Å². The number of nitrogens with zero attached hydrogens (tertiary/aromatic N) is 2. The van der Waals surface area contributed by atoms with Gasteiger partial charge in [-0.3, -0.25) is 4.90 Å². The number of thiophene rings is 1. The lowest BCUT2D eigenvalue weighted by atomic mass is 10.1. The van der Waals surface area contributed by atoms with Crippen molar-refractivity contribution in [2.75, 3.05) is 39.4 Å². The summed E-state index contributed by atoms with van der Waals surface area (Å²) in [5, 5.41) is 8.89. The molecule has 2 heterocycles. The number of nitrogens with one attached hydrogen (secondary N) is 2. The first kappa shape index (κ1) is 23.1. The first-order valence-electron chi connectivity index (χ1n) is 9.76. The fourth-order valence-corrected chi connectivity index (χ4v) is 3.82. The van der Waals surface area contributed by atoms with Gasteiger partial charge >= 0.3 is 0 Å². The quantitative estimate of drug-likeness (QED) is 0.322. The molecule has 0 atom stereocenters. The standard InChI is InChI=1S/C21H30N4OS.HI/c1-2-22-21(23-9-8-20-7-4-14-27-20)24-16-18-5-3-6-19(15-18)17-25-10-12-26-13-11-25;/h3-7,14-15H,2,8-13,16-17H2,1H3,(H2,22,23,24);1H. The highest BCUT2D eigenvalue weighted by Gasteiger charge is 2.10. The molecular weight excluding hydrogens is 483 g/mol. The lowest BCUT2D eigenvalue weighted by Crippen LogP contribution is -2.38. The molecule has 154 valence electrons. The number of halogens is 1. The number of hydrogen-bond donors (Lipinski definition) is 2. The third-order valence-corrected chi connectivity index (χ3v) is 5.45. The molecule has 0 radical (unpaired) electrons. The largest absolute Gasteiger partial charge is 0.379 e. The van der Waals surface area contributed by atoms with Crippen LogP contribution in [0, 0.1) is 0 Å². The zero-order chi connectivity index (χ0) is 18.7. The van der Waals surface area contributed by atoms with Gasteiger partial charge in [0.2, 0.25) is 0 Å². The Labute approximate surface area is 189 Å². The molecule has 0 unspecified atom stereocenters. The summed E-state index contributed by atoms with van der Waals surface area (Å²) in [4.78, 5) is 8.60. The van der Waals surface area contributed by atoms with Crippen LogP contribution in [0.3, 0.4) is 0 Å². The van der Waals surface area contributed by atoms with Crippen LogP contribution in [0.15, 0.2) is 46.8 Å². The van der Waals surface area contributed by atoms with Crippen LogP contribution in [-0.4, -0.2) is 50.3 Å². The van der Waals surface area contributed by atoms with E-state index in [0.29, 0.717) is 6.54 Å². The van der Waals surface area contributed by atoms with Gasteiger partial charge in [0.15, 0.2) is 5.96 Å². The van der Waals surface area contributed by atoms with Gasteiger partial charge in [0.05, 0.1) is 19.8 Å². The second kappa shape index (κ2) is 13.1. The molecular formula is C21H31IN4OS. The Morgan fingerprint density at radius 2 is 1.96 bits per heavy atom. The van der Waals surface area contributed by atoms with Crippen molar-refractivity contribution in [3.63, 3.8) is 0 Å². The van der Waals surface area contributed by atoms with E-state index in [1.807, 2.05) is 0 Å². The monoisotopic (exact) mass is 514 g/mol. The number of benzene rings is 1. The van der Waals surface area contributed by atoms with Gasteiger partial charge < -0.3 is 15.4 Å². The van der Waals surface area contributed by atoms with E-state index in [2.05, 4.69) is 64.2 Å². The van der Waals surface area contributed by atoms with E-state index in [-0.39, 0.29) is 24.0 Å². The minimum Gasteiger partial charge on any atom is -0.379 e. The Balaban J connectivity index is 0.00000280. The number of hydrogen-bond acceptors (Lipinski definition) is 4. The number of morpholine rings is 1. The zero-order valence-electron chi connectivity index (χ0n) is 16.5. The lowest BCUT2D eigenvalue weighted by molar-refractivity contribution is 0.0342. The van der Waals surface area contributed by atoms with Gasteiger partial charge in [0.1, 0.15) is 0 Å². The van der Waals surface area contributed by atoms with Crippen LogP contribution in [-0.2, 0) is 24.2 Å². The Bertz CT molecular complexity index is 702. The molecule has 1 aromatic carbocycles. The maximum absolute atomic E-state index is 5.43. The predicted molar refractivity (Wildman–Crippen MR) is 129 cm³/mol. The number of aliphatic imine (C=N–C) groups is 1. The SMILES string of the molecule is CCNC(=NCc1cccc(CN2CCOCC2)c1)NCCc1cccs1.I. The van der Waals surface area contributed by atoms with E-state index in [0.717, 1.165) is 58.3 Å². The van der Waals surface area contributed by atoms with Crippen LogP contribution >= 0.6 is 35.3 Å². The molecule has 1 saturated heterocycles. The average Bonchev–Trinajstić information content (AvgIpc) is 3.21. The summed E-state index contributed by atoms with van der Waals surface area (Å²) in [5.41, 5.74) is 2.59. The summed E-state index contributed by atoms with van der Waals surface area (Å²) in [7, 11) is 0. The Morgan fingerprint density at radius 3 is 2.71 bits per heavy atom. The molecule has 5 nitrogen and oxygen atoms in total. The van der Waals surface area contributed by atoms with Gasteiger partial charge in [-0.15, -0.1) is 35.3 Å². The molecule has 1 aliphatic rings. The van der Waals surface area contributed by atoms with Crippen molar-refractivity contribution in [2.24, 2.45) is 4.99 Å². The first-order chi connectivity index (χ1) is 13.3. The van der Waals surface area contributed by atoms with Crippen molar-refractivity contribution in [3.8, 4) is 0 Å². The van der Waals surface area contributed by atoms with Crippen LogP contribution in [0.25, 0.3) is 0 Å². The van der Waals surface area contributed by atoms with Gasteiger partial charge in [-0.05, 0) is 35.9 Å². The Kier molecular flexibility index (Phi) is 10.8. The van der Waals surface area contributed by atoms with E-state index < -0.39 is 0 Å². The van der Waals surface area contributed by atoms with Gasteiger partial charge in [-0.25, -0.2) is 4.99 Å². The molecule has 1 aromatic heterocycles. The van der Waals surface area contributed by atoms with Crippen molar-refractivity contribution >= 4 is 41.3 Å². The Hall–Kier alpha value is -1.16. The summed E-state index contributed by atoms with van der Waals surface area (Å²) in [6.45, 7) is 9.23. The van der Waals surface area contributed by atoms with Gasteiger partial charge in [0.25, 0.3) is 0 Å². The molecule has 3 rings (SSSR count). The topological polar surface area (TPSA) is 48.9 Å². The molecule has 28 heavy (non-hydrogen) atoms. The number of ether oxygens (including phenoxy) is 1. The summed E-state index contributed by atoms with van der Waals surface area (Å²) in [5.74, 6) is 0.882. The van der Waals surface area contributed by atoms with E-state index >= 15 is 0 Å². The van der Waals surface area contributed by atoms with Crippen molar-refractivity contribution in [3.05, 3.63) is 57.8 Å². The van der Waals surface area contributed by atoms with Gasteiger partial charge in [-0.1, -0.05) is 30.3 Å². The first-order valence-corrected chi connectivity index (χ1v) is 10.6. The third-order valence-electron chi connectivity index (χ3n) is 4.51. The van der Waals surface area contributed by atoms with Crippen LogP contribution in [0.4, 0.5) is 0 Å². The molecule has 2 aromatic rings. The second-order valence-electron chi connectivity index (χ2n) is 6.66. The molecule has 0 amide bonds. The summed E-state index contributed by atoms with van der Waals surface area (Å²) in [6.07, 6.45) is 1.02. The zero-order valence-corrected chi connectivity index (χ0v) is 19.7. The van der Waals surface area contributed by atoms with Crippen molar-refractivity contribution in [1.82, 2.24) is 15.5 Å². The summed E-state index contributed by atoms with van der Waals surface area (Å²) < 4.78 is 5.43. The second-order valence-corrected chi connectivity index (χ2v) is 7.69. The normalized spacial score (nSPS) is 15.1. The fraction of sp³-hybridized carbons (Fsp3) is 0.476. The molecule has 0 spiro atoms. The molecule has 1 fully saturated rings. The molecule has 0 saturated carbocycles. The molecule has 0 aliphatic carbocycles. The van der Waals surface area contributed by atoms with E-state index in [1.54, 1.807) is 11.3 Å². The van der Waals surface area contributed by atoms with Crippen LogP contribution in [0.1, 0.15) is 22.9 Å². The minimum atomic E-state index is 0. The third kappa shape index (κ3) is 8.06. The van der Waals surface area contributed by atoms with Gasteiger partial charge in [-0.2, -0.15) is 0 Å². The highest BCUT2D eigenvalue weighted by molar-refractivity contribution is 14.0. The number of guanidine groups is 1. The maximum atomic E-state index is 5.43. The summed E-state index contributed by atoms with van der Waals surface area (Å²) in [6, 6.07) is 13.0. The van der Waals surface area contributed by atoms with Crippen molar-refractivity contribution in [1.29, 1.82) is 0 Å². The molecule has 2 N–H and O–H groups in total. The highest BCUT2D eigenvalue weighted by Crippen LogP contribution is 2.11. The summed E-state index contributed by atoms with van der Waals surface area (Å²) >= 11 is 1.80. The maximum Gasteiger partial charge on any atom is 0.191 e. The molecule has 7 heteroatoms. The van der Waals surface area contributed by atoms with Crippen molar-refractivity contribution < 1.29 is 4.74 Å². The van der Waals surface area contributed by atoms with E-state index in [9.17, 15) is 0 Å². The van der Waals surface area contributed by atoms with Gasteiger partial charge in [0, 0.05) is 37.6 Å². The van der Waals surface area contributed by atoms with E-state index in [4.69, 9.17) is 9.73 Å². The van der Waals surface area contributed by atoms with Crippen LogP contribution in [0.5, 0.6) is 0 Å². The minimum absolute atomic E-state index is 0. The molecule has 0 bridgehead atoms.